The highest BCUT2D eigenvalue weighted by molar-refractivity contribution is 6.29. The Bertz CT molecular complexity index is 299. The van der Waals surface area contributed by atoms with Crippen molar-refractivity contribution >= 4 is 11.6 Å². The van der Waals surface area contributed by atoms with Gasteiger partial charge in [-0.15, -0.1) is 0 Å². The van der Waals surface area contributed by atoms with E-state index in [4.69, 9.17) is 21.1 Å². The van der Waals surface area contributed by atoms with Gasteiger partial charge in [-0.1, -0.05) is 11.6 Å². The van der Waals surface area contributed by atoms with E-state index in [1.807, 2.05) is 6.07 Å². The molecule has 0 N–H and O–H groups in total. The lowest BCUT2D eigenvalue weighted by Gasteiger charge is -2.03. The standard InChI is InChI=1S/C8H8ClNO2/c1-11-8-5(6-4-12-6)2-3-7(9)10-8/h2-3,6H,4H2,1H3/t6-/m0/s1. The summed E-state index contributed by atoms with van der Waals surface area (Å²) in [5.41, 5.74) is 0.974. The van der Waals surface area contributed by atoms with E-state index in [-0.39, 0.29) is 6.10 Å². The summed E-state index contributed by atoms with van der Waals surface area (Å²) in [7, 11) is 1.57. The number of nitrogens with zero attached hydrogens (tertiary/aromatic N) is 1. The minimum absolute atomic E-state index is 0.157. The van der Waals surface area contributed by atoms with Crippen LogP contribution in [0.25, 0.3) is 0 Å². The Balaban J connectivity index is 2.38. The van der Waals surface area contributed by atoms with E-state index in [0.29, 0.717) is 11.0 Å². The molecule has 2 heterocycles. The molecule has 0 radical (unpaired) electrons. The van der Waals surface area contributed by atoms with Gasteiger partial charge in [0.05, 0.1) is 13.7 Å². The van der Waals surface area contributed by atoms with Gasteiger partial charge in [-0.2, -0.15) is 0 Å². The molecule has 2 rings (SSSR count). The first kappa shape index (κ1) is 7.83. The molecule has 1 aliphatic heterocycles. The predicted molar refractivity (Wildman–Crippen MR) is 44.5 cm³/mol. The summed E-state index contributed by atoms with van der Waals surface area (Å²) < 4.78 is 10.2. The summed E-state index contributed by atoms with van der Waals surface area (Å²) in [6.45, 7) is 0.750. The average Bonchev–Trinajstić information content (AvgIpc) is 2.87. The Kier molecular flexibility index (Phi) is 1.90. The largest absolute Gasteiger partial charge is 0.481 e. The van der Waals surface area contributed by atoms with Gasteiger partial charge in [0, 0.05) is 5.56 Å². The predicted octanol–water partition coefficient (Wildman–Crippen LogP) is 1.81. The molecule has 1 aromatic rings. The lowest BCUT2D eigenvalue weighted by molar-refractivity contribution is 0.372. The number of halogens is 1. The fraction of sp³-hybridized carbons (Fsp3) is 0.375. The van der Waals surface area contributed by atoms with E-state index in [1.165, 1.54) is 0 Å². The molecule has 1 fully saturated rings. The van der Waals surface area contributed by atoms with Gasteiger partial charge in [0.25, 0.3) is 0 Å². The Morgan fingerprint density at radius 2 is 2.42 bits per heavy atom. The van der Waals surface area contributed by atoms with E-state index in [9.17, 15) is 0 Å². The van der Waals surface area contributed by atoms with Gasteiger partial charge >= 0.3 is 0 Å². The zero-order valence-electron chi connectivity index (χ0n) is 6.58. The quantitative estimate of drug-likeness (QED) is 0.521. The van der Waals surface area contributed by atoms with Crippen molar-refractivity contribution in [3.8, 4) is 5.88 Å². The van der Waals surface area contributed by atoms with Crippen LogP contribution in [0.5, 0.6) is 5.88 Å². The summed E-state index contributed by atoms with van der Waals surface area (Å²) in [6, 6.07) is 3.62. The van der Waals surface area contributed by atoms with Gasteiger partial charge in [0.1, 0.15) is 11.3 Å². The number of methoxy groups -OCH3 is 1. The zero-order chi connectivity index (χ0) is 8.55. The van der Waals surface area contributed by atoms with E-state index in [0.717, 1.165) is 12.2 Å². The van der Waals surface area contributed by atoms with Crippen molar-refractivity contribution in [2.45, 2.75) is 6.10 Å². The highest BCUT2D eigenvalue weighted by atomic mass is 35.5. The maximum Gasteiger partial charge on any atom is 0.220 e. The van der Waals surface area contributed by atoms with Crippen molar-refractivity contribution in [3.63, 3.8) is 0 Å². The second kappa shape index (κ2) is 2.92. The van der Waals surface area contributed by atoms with Gasteiger partial charge in [-0.25, -0.2) is 4.98 Å². The number of aromatic nitrogens is 1. The number of hydrogen-bond donors (Lipinski definition) is 0. The SMILES string of the molecule is COc1nc(Cl)ccc1[C@@H]1CO1. The Morgan fingerprint density at radius 3 is 3.00 bits per heavy atom. The van der Waals surface area contributed by atoms with Gasteiger partial charge in [-0.05, 0) is 12.1 Å². The molecule has 0 amide bonds. The molecule has 1 aliphatic rings. The smallest absolute Gasteiger partial charge is 0.220 e. The van der Waals surface area contributed by atoms with Crippen molar-refractivity contribution in [2.75, 3.05) is 13.7 Å². The van der Waals surface area contributed by atoms with Crippen LogP contribution in [0.4, 0.5) is 0 Å². The minimum Gasteiger partial charge on any atom is -0.481 e. The van der Waals surface area contributed by atoms with Crippen LogP contribution >= 0.6 is 11.6 Å². The van der Waals surface area contributed by atoms with Gasteiger partial charge < -0.3 is 9.47 Å². The fourth-order valence-electron chi connectivity index (χ4n) is 1.06. The van der Waals surface area contributed by atoms with Crippen molar-refractivity contribution in [1.82, 2.24) is 4.98 Å². The van der Waals surface area contributed by atoms with Crippen LogP contribution in [0.3, 0.4) is 0 Å². The van der Waals surface area contributed by atoms with Crippen LogP contribution in [-0.2, 0) is 4.74 Å². The molecule has 1 saturated heterocycles. The van der Waals surface area contributed by atoms with Crippen molar-refractivity contribution in [2.24, 2.45) is 0 Å². The summed E-state index contributed by atoms with van der Waals surface area (Å²) in [5, 5.41) is 0.441. The fourth-order valence-corrected chi connectivity index (χ4v) is 1.20. The maximum atomic E-state index is 5.69. The summed E-state index contributed by atoms with van der Waals surface area (Å²) in [5.74, 6) is 0.560. The van der Waals surface area contributed by atoms with Crippen LogP contribution in [0.2, 0.25) is 5.15 Å². The lowest BCUT2D eigenvalue weighted by Crippen LogP contribution is -1.93. The number of rotatable bonds is 2. The Labute approximate surface area is 75.3 Å². The molecular formula is C8H8ClNO2. The van der Waals surface area contributed by atoms with Gasteiger partial charge in [-0.3, -0.25) is 0 Å². The minimum atomic E-state index is 0.157. The van der Waals surface area contributed by atoms with Crippen molar-refractivity contribution in [3.05, 3.63) is 22.8 Å². The highest BCUT2D eigenvalue weighted by Gasteiger charge is 2.28. The third-order valence-corrected chi connectivity index (χ3v) is 1.94. The number of hydrogen-bond acceptors (Lipinski definition) is 3. The molecular weight excluding hydrogens is 178 g/mol. The maximum absolute atomic E-state index is 5.69. The van der Waals surface area contributed by atoms with Gasteiger partial charge in [0.2, 0.25) is 5.88 Å². The number of epoxide rings is 1. The molecule has 1 aromatic heterocycles. The second-order valence-corrected chi connectivity index (χ2v) is 2.94. The molecule has 0 spiro atoms. The summed E-state index contributed by atoms with van der Waals surface area (Å²) in [6.07, 6.45) is 0.157. The molecule has 0 aromatic carbocycles. The summed E-state index contributed by atoms with van der Waals surface area (Å²) >= 11 is 5.69. The van der Waals surface area contributed by atoms with Crippen LogP contribution in [0.1, 0.15) is 11.7 Å². The molecule has 0 aliphatic carbocycles. The van der Waals surface area contributed by atoms with E-state index >= 15 is 0 Å². The first-order valence-electron chi connectivity index (χ1n) is 3.63. The molecule has 4 heteroatoms. The molecule has 0 bridgehead atoms. The van der Waals surface area contributed by atoms with Crippen molar-refractivity contribution in [1.29, 1.82) is 0 Å². The first-order valence-corrected chi connectivity index (χ1v) is 4.01. The average molecular weight is 186 g/mol. The van der Waals surface area contributed by atoms with E-state index < -0.39 is 0 Å². The first-order chi connectivity index (χ1) is 5.81. The van der Waals surface area contributed by atoms with Crippen LogP contribution < -0.4 is 4.74 Å². The normalized spacial score (nSPS) is 20.7. The van der Waals surface area contributed by atoms with Crippen LogP contribution in [0, 0.1) is 0 Å². The highest BCUT2D eigenvalue weighted by Crippen LogP contribution is 2.35. The molecule has 64 valence electrons. The zero-order valence-corrected chi connectivity index (χ0v) is 7.34. The van der Waals surface area contributed by atoms with Crippen LogP contribution in [-0.4, -0.2) is 18.7 Å². The van der Waals surface area contributed by atoms with E-state index in [1.54, 1.807) is 13.2 Å². The third kappa shape index (κ3) is 1.38. The summed E-state index contributed by atoms with van der Waals surface area (Å²) in [4.78, 5) is 4.02. The van der Waals surface area contributed by atoms with Crippen LogP contribution in [0.15, 0.2) is 12.1 Å². The topological polar surface area (TPSA) is 34.6 Å². The monoisotopic (exact) mass is 185 g/mol. The second-order valence-electron chi connectivity index (χ2n) is 2.55. The number of pyridine rings is 1. The van der Waals surface area contributed by atoms with Crippen molar-refractivity contribution < 1.29 is 9.47 Å². The molecule has 0 unspecified atom stereocenters. The third-order valence-electron chi connectivity index (χ3n) is 1.73. The molecule has 1 atom stereocenters. The Morgan fingerprint density at radius 1 is 1.67 bits per heavy atom. The molecule has 3 nitrogen and oxygen atoms in total. The number of ether oxygens (including phenoxy) is 2. The molecule has 0 saturated carbocycles. The lowest BCUT2D eigenvalue weighted by atomic mass is 10.2. The van der Waals surface area contributed by atoms with Gasteiger partial charge in [0.15, 0.2) is 0 Å². The van der Waals surface area contributed by atoms with E-state index in [2.05, 4.69) is 4.98 Å². The Hall–Kier alpha value is -0.800. The molecule has 12 heavy (non-hydrogen) atoms.